The van der Waals surface area contributed by atoms with Crippen LogP contribution in [0.25, 0.3) is 0 Å². The standard InChI is InChI=1S/C27H30N2O4S/c1-4-5-16-33-23-14-12-21(13-15-23)28-26(30)19(2)34-25-11-7-9-22(18-25)29-27(31)20-8-6-10-24(17-20)32-3/h6-15,17-19H,4-5,16H2,1-3H3,(H,28,30)(H,29,31). The molecule has 0 aliphatic carbocycles. The van der Waals surface area contributed by atoms with E-state index in [1.807, 2.05) is 55.5 Å². The molecule has 0 saturated carbocycles. The first kappa shape index (κ1) is 25.2. The minimum absolute atomic E-state index is 0.101. The van der Waals surface area contributed by atoms with Gasteiger partial charge in [-0.15, -0.1) is 11.8 Å². The van der Waals surface area contributed by atoms with Crippen molar-refractivity contribution in [1.82, 2.24) is 0 Å². The molecule has 2 N–H and O–H groups in total. The highest BCUT2D eigenvalue weighted by atomic mass is 32.2. The predicted molar refractivity (Wildman–Crippen MR) is 138 cm³/mol. The van der Waals surface area contributed by atoms with E-state index in [0.717, 1.165) is 29.2 Å². The third-order valence-electron chi connectivity index (χ3n) is 4.99. The van der Waals surface area contributed by atoms with Crippen LogP contribution in [0.5, 0.6) is 11.5 Å². The van der Waals surface area contributed by atoms with Gasteiger partial charge in [-0.3, -0.25) is 9.59 Å². The van der Waals surface area contributed by atoms with E-state index in [9.17, 15) is 9.59 Å². The molecular formula is C27H30N2O4S. The number of carbonyl (C=O) groups excluding carboxylic acids is 2. The molecule has 34 heavy (non-hydrogen) atoms. The van der Waals surface area contributed by atoms with Crippen LogP contribution in [0.2, 0.25) is 0 Å². The van der Waals surface area contributed by atoms with Crippen LogP contribution in [0.1, 0.15) is 37.0 Å². The first-order valence-electron chi connectivity index (χ1n) is 11.2. The van der Waals surface area contributed by atoms with Crippen LogP contribution in [0.15, 0.2) is 77.7 Å². The lowest BCUT2D eigenvalue weighted by Crippen LogP contribution is -2.22. The predicted octanol–water partition coefficient (Wildman–Crippen LogP) is 6.25. The Balaban J connectivity index is 1.55. The topological polar surface area (TPSA) is 76.7 Å². The van der Waals surface area contributed by atoms with Gasteiger partial charge in [-0.05, 0) is 74.0 Å². The maximum Gasteiger partial charge on any atom is 0.255 e. The van der Waals surface area contributed by atoms with Crippen molar-refractivity contribution in [3.63, 3.8) is 0 Å². The minimum atomic E-state index is -0.329. The summed E-state index contributed by atoms with van der Waals surface area (Å²) in [6.45, 7) is 4.66. The molecule has 3 rings (SSSR count). The molecule has 0 aromatic heterocycles. The molecule has 0 aliphatic heterocycles. The molecule has 7 heteroatoms. The number of benzene rings is 3. The third kappa shape index (κ3) is 7.56. The van der Waals surface area contributed by atoms with Crippen molar-refractivity contribution in [1.29, 1.82) is 0 Å². The molecule has 1 atom stereocenters. The summed E-state index contributed by atoms with van der Waals surface area (Å²) < 4.78 is 10.8. The molecule has 0 fully saturated rings. The van der Waals surface area contributed by atoms with Crippen molar-refractivity contribution in [2.75, 3.05) is 24.4 Å². The number of anilines is 2. The van der Waals surface area contributed by atoms with E-state index in [0.29, 0.717) is 23.6 Å². The van der Waals surface area contributed by atoms with E-state index in [2.05, 4.69) is 17.6 Å². The highest BCUT2D eigenvalue weighted by Crippen LogP contribution is 2.27. The van der Waals surface area contributed by atoms with Crippen molar-refractivity contribution < 1.29 is 19.1 Å². The van der Waals surface area contributed by atoms with Gasteiger partial charge in [-0.2, -0.15) is 0 Å². The van der Waals surface area contributed by atoms with Crippen LogP contribution < -0.4 is 20.1 Å². The Labute approximate surface area is 205 Å². The smallest absolute Gasteiger partial charge is 0.255 e. The Bertz CT molecular complexity index is 1100. The number of unbranched alkanes of at least 4 members (excludes halogenated alkanes) is 1. The number of hydrogen-bond donors (Lipinski definition) is 2. The Morgan fingerprint density at radius 2 is 1.68 bits per heavy atom. The van der Waals surface area contributed by atoms with Crippen LogP contribution in [-0.2, 0) is 4.79 Å². The number of hydrogen-bond acceptors (Lipinski definition) is 5. The molecule has 0 spiro atoms. The highest BCUT2D eigenvalue weighted by Gasteiger charge is 2.15. The van der Waals surface area contributed by atoms with Crippen LogP contribution in [0, 0.1) is 0 Å². The molecule has 0 bridgehead atoms. The fourth-order valence-corrected chi connectivity index (χ4v) is 4.01. The van der Waals surface area contributed by atoms with Gasteiger partial charge < -0.3 is 20.1 Å². The minimum Gasteiger partial charge on any atom is -0.497 e. The van der Waals surface area contributed by atoms with Gasteiger partial charge in [0.05, 0.1) is 19.0 Å². The Morgan fingerprint density at radius 1 is 0.912 bits per heavy atom. The van der Waals surface area contributed by atoms with Gasteiger partial charge in [0.15, 0.2) is 0 Å². The summed E-state index contributed by atoms with van der Waals surface area (Å²) in [4.78, 5) is 26.1. The highest BCUT2D eigenvalue weighted by molar-refractivity contribution is 8.00. The van der Waals surface area contributed by atoms with Crippen LogP contribution >= 0.6 is 11.8 Å². The molecule has 178 valence electrons. The van der Waals surface area contributed by atoms with Gasteiger partial charge in [0, 0.05) is 21.8 Å². The average molecular weight is 479 g/mol. The largest absolute Gasteiger partial charge is 0.497 e. The van der Waals surface area contributed by atoms with E-state index in [1.165, 1.54) is 11.8 Å². The Morgan fingerprint density at radius 3 is 2.41 bits per heavy atom. The van der Waals surface area contributed by atoms with Gasteiger partial charge in [-0.25, -0.2) is 0 Å². The average Bonchev–Trinajstić information content (AvgIpc) is 2.85. The van der Waals surface area contributed by atoms with Crippen LogP contribution in [0.4, 0.5) is 11.4 Å². The number of thioether (sulfide) groups is 1. The summed E-state index contributed by atoms with van der Waals surface area (Å²) >= 11 is 1.42. The van der Waals surface area contributed by atoms with Gasteiger partial charge >= 0.3 is 0 Å². The molecule has 0 saturated heterocycles. The zero-order valence-corrected chi connectivity index (χ0v) is 20.5. The quantitative estimate of drug-likeness (QED) is 0.252. The third-order valence-corrected chi connectivity index (χ3v) is 6.09. The van der Waals surface area contributed by atoms with Gasteiger partial charge in [0.25, 0.3) is 5.91 Å². The molecule has 6 nitrogen and oxygen atoms in total. The van der Waals surface area contributed by atoms with Crippen molar-refractivity contribution in [3.8, 4) is 11.5 Å². The monoisotopic (exact) mass is 478 g/mol. The summed E-state index contributed by atoms with van der Waals surface area (Å²) in [6.07, 6.45) is 2.10. The van der Waals surface area contributed by atoms with Crippen molar-refractivity contribution in [2.45, 2.75) is 36.8 Å². The first-order valence-corrected chi connectivity index (χ1v) is 12.1. The zero-order valence-electron chi connectivity index (χ0n) is 19.7. The molecule has 2 amide bonds. The fourth-order valence-electron chi connectivity index (χ4n) is 3.09. The number of amides is 2. The first-order chi connectivity index (χ1) is 16.5. The number of methoxy groups -OCH3 is 1. The van der Waals surface area contributed by atoms with Gasteiger partial charge in [-0.1, -0.05) is 25.5 Å². The number of carbonyl (C=O) groups is 2. The van der Waals surface area contributed by atoms with Crippen LogP contribution in [0.3, 0.4) is 0 Å². The maximum absolute atomic E-state index is 12.7. The Kier molecular flexibility index (Phi) is 9.40. The van der Waals surface area contributed by atoms with E-state index >= 15 is 0 Å². The lowest BCUT2D eigenvalue weighted by atomic mass is 10.2. The SMILES string of the molecule is CCCCOc1ccc(NC(=O)C(C)Sc2cccc(NC(=O)c3cccc(OC)c3)c2)cc1. The van der Waals surface area contributed by atoms with E-state index < -0.39 is 0 Å². The molecule has 1 unspecified atom stereocenters. The summed E-state index contributed by atoms with van der Waals surface area (Å²) in [6, 6.07) is 21.8. The molecule has 0 radical (unpaired) electrons. The van der Waals surface area contributed by atoms with E-state index in [-0.39, 0.29) is 17.1 Å². The lowest BCUT2D eigenvalue weighted by molar-refractivity contribution is -0.115. The lowest BCUT2D eigenvalue weighted by Gasteiger charge is -2.14. The van der Waals surface area contributed by atoms with Gasteiger partial charge in [0.2, 0.25) is 5.91 Å². The zero-order chi connectivity index (χ0) is 24.3. The summed E-state index contributed by atoms with van der Waals surface area (Å²) in [5, 5.41) is 5.51. The van der Waals surface area contributed by atoms with Crippen molar-refractivity contribution >= 4 is 35.0 Å². The second-order valence-corrected chi connectivity index (χ2v) is 9.10. The number of ether oxygens (including phenoxy) is 2. The molecule has 3 aromatic rings. The summed E-state index contributed by atoms with van der Waals surface area (Å²) in [7, 11) is 1.56. The van der Waals surface area contributed by atoms with E-state index in [1.54, 1.807) is 31.4 Å². The molecular weight excluding hydrogens is 448 g/mol. The van der Waals surface area contributed by atoms with Gasteiger partial charge in [0.1, 0.15) is 11.5 Å². The van der Waals surface area contributed by atoms with Crippen molar-refractivity contribution in [3.05, 3.63) is 78.4 Å². The number of rotatable bonds is 11. The molecule has 0 heterocycles. The summed E-state index contributed by atoms with van der Waals surface area (Å²) in [5.74, 6) is 1.08. The Hall–Kier alpha value is -3.45. The fraction of sp³-hybridized carbons (Fsp3) is 0.259. The van der Waals surface area contributed by atoms with E-state index in [4.69, 9.17) is 9.47 Å². The van der Waals surface area contributed by atoms with Crippen LogP contribution in [-0.4, -0.2) is 30.8 Å². The van der Waals surface area contributed by atoms with Crippen molar-refractivity contribution in [2.24, 2.45) is 0 Å². The second-order valence-electron chi connectivity index (χ2n) is 7.69. The molecule has 3 aromatic carbocycles. The maximum atomic E-state index is 12.7. The summed E-state index contributed by atoms with van der Waals surface area (Å²) in [5.41, 5.74) is 1.88. The normalized spacial score (nSPS) is 11.4. The molecule has 0 aliphatic rings. The number of nitrogens with one attached hydrogen (secondary N) is 2. The second kappa shape index (κ2) is 12.7.